The van der Waals surface area contributed by atoms with Crippen LogP contribution in [-0.4, -0.2) is 68.2 Å². The summed E-state index contributed by atoms with van der Waals surface area (Å²) in [4.78, 5) is 18.4. The van der Waals surface area contributed by atoms with Crippen molar-refractivity contribution in [2.75, 3.05) is 40.4 Å². The zero-order valence-corrected chi connectivity index (χ0v) is 24.3. The second-order valence-corrected chi connectivity index (χ2v) is 10.9. The molecule has 0 radical (unpaired) electrons. The van der Waals surface area contributed by atoms with Gasteiger partial charge in [0.1, 0.15) is 11.5 Å². The fraction of sp³-hybridized carbons (Fsp3) is 0.441. The molecule has 3 aromatic rings. The number of nitrogens with zero attached hydrogens (tertiary/aromatic N) is 2. The maximum absolute atomic E-state index is 13.8. The van der Waals surface area contributed by atoms with Gasteiger partial charge in [-0.15, -0.1) is 0 Å². The Morgan fingerprint density at radius 2 is 1.60 bits per heavy atom. The quantitative estimate of drug-likeness (QED) is 0.363. The molecule has 3 aliphatic heterocycles. The summed E-state index contributed by atoms with van der Waals surface area (Å²) in [6, 6.07) is 28.0. The molecule has 3 aromatic carbocycles. The lowest BCUT2D eigenvalue weighted by Crippen LogP contribution is -2.69. The predicted octanol–water partition coefficient (Wildman–Crippen LogP) is 5.18. The Balaban J connectivity index is 1.55. The molecule has 3 heterocycles. The van der Waals surface area contributed by atoms with E-state index in [1.54, 1.807) is 14.2 Å². The van der Waals surface area contributed by atoms with Gasteiger partial charge < -0.3 is 19.7 Å². The maximum atomic E-state index is 13.8. The summed E-state index contributed by atoms with van der Waals surface area (Å²) in [5, 5.41) is 3.98. The Morgan fingerprint density at radius 1 is 0.950 bits per heavy atom. The summed E-state index contributed by atoms with van der Waals surface area (Å²) in [6.45, 7) is 8.11. The van der Waals surface area contributed by atoms with Crippen molar-refractivity contribution in [1.29, 1.82) is 0 Å². The smallest absolute Gasteiger partial charge is 0.227 e. The zero-order valence-electron chi connectivity index (χ0n) is 24.3. The summed E-state index contributed by atoms with van der Waals surface area (Å²) in [7, 11) is 3.40. The first-order chi connectivity index (χ1) is 19.6. The van der Waals surface area contributed by atoms with Crippen molar-refractivity contribution in [2.24, 2.45) is 11.8 Å². The number of fused-ring (bicyclic) bond motifs is 3. The van der Waals surface area contributed by atoms with E-state index in [1.807, 2.05) is 23.1 Å². The summed E-state index contributed by atoms with van der Waals surface area (Å²) in [6.07, 6.45) is 1.01. The predicted molar refractivity (Wildman–Crippen MR) is 160 cm³/mol. The van der Waals surface area contributed by atoms with Gasteiger partial charge in [0.25, 0.3) is 0 Å². The van der Waals surface area contributed by atoms with Crippen LogP contribution in [-0.2, 0) is 11.3 Å². The molecule has 0 saturated carbocycles. The van der Waals surface area contributed by atoms with Crippen LogP contribution in [0.4, 0.5) is 0 Å². The molecule has 2 bridgehead atoms. The van der Waals surface area contributed by atoms with E-state index in [0.717, 1.165) is 49.7 Å². The molecule has 0 aromatic heterocycles. The Kier molecular flexibility index (Phi) is 9.08. The van der Waals surface area contributed by atoms with Crippen molar-refractivity contribution < 1.29 is 14.3 Å². The van der Waals surface area contributed by atoms with Crippen molar-refractivity contribution in [3.05, 3.63) is 95.6 Å². The minimum absolute atomic E-state index is 0.0122. The summed E-state index contributed by atoms with van der Waals surface area (Å²) in [5.74, 6) is 2.35. The number of carbonyl (C=O) groups excluding carboxylic acids is 1. The van der Waals surface area contributed by atoms with E-state index in [4.69, 9.17) is 9.47 Å². The molecule has 6 rings (SSSR count). The van der Waals surface area contributed by atoms with Crippen molar-refractivity contribution in [1.82, 2.24) is 15.1 Å². The van der Waals surface area contributed by atoms with Gasteiger partial charge >= 0.3 is 0 Å². The molecule has 0 spiro atoms. The SMILES string of the molecule is CCN(CC)C(=O)[C@H]1CN2CC[C@H]1[C@H](NCc1cc(OC)ccc1OC)[C@H]2C(c1ccccc1)c1ccccc1. The maximum Gasteiger partial charge on any atom is 0.227 e. The first-order valence-electron chi connectivity index (χ1n) is 14.7. The molecule has 3 saturated heterocycles. The molecule has 5 atom stereocenters. The minimum Gasteiger partial charge on any atom is -0.497 e. The van der Waals surface area contributed by atoms with Crippen LogP contribution in [0.5, 0.6) is 11.5 Å². The molecule has 3 aliphatic rings. The second-order valence-electron chi connectivity index (χ2n) is 10.9. The van der Waals surface area contributed by atoms with Crippen molar-refractivity contribution in [3.8, 4) is 11.5 Å². The topological polar surface area (TPSA) is 54.0 Å². The van der Waals surface area contributed by atoms with Gasteiger partial charge in [-0.3, -0.25) is 9.69 Å². The Morgan fingerprint density at radius 3 is 2.17 bits per heavy atom. The van der Waals surface area contributed by atoms with Crippen LogP contribution in [0.2, 0.25) is 0 Å². The normalized spacial score (nSPS) is 23.7. The van der Waals surface area contributed by atoms with Gasteiger partial charge in [0.15, 0.2) is 0 Å². The number of piperidine rings is 3. The first kappa shape index (κ1) is 28.2. The molecular weight excluding hydrogens is 498 g/mol. The van der Waals surface area contributed by atoms with Gasteiger partial charge in [-0.25, -0.2) is 0 Å². The van der Waals surface area contributed by atoms with Crippen LogP contribution in [0, 0.1) is 11.8 Å². The number of benzene rings is 3. The van der Waals surface area contributed by atoms with E-state index in [9.17, 15) is 4.79 Å². The van der Waals surface area contributed by atoms with E-state index in [-0.39, 0.29) is 29.8 Å². The van der Waals surface area contributed by atoms with Crippen molar-refractivity contribution in [3.63, 3.8) is 0 Å². The van der Waals surface area contributed by atoms with Gasteiger partial charge in [0.05, 0.1) is 20.1 Å². The molecule has 6 nitrogen and oxygen atoms in total. The van der Waals surface area contributed by atoms with E-state index in [1.165, 1.54) is 11.1 Å². The Labute approximate surface area is 239 Å². The first-order valence-corrected chi connectivity index (χ1v) is 14.7. The summed E-state index contributed by atoms with van der Waals surface area (Å²) in [5.41, 5.74) is 3.67. The minimum atomic E-state index is -0.0122. The number of methoxy groups -OCH3 is 2. The standard InChI is InChI=1S/C34H43N3O3/c1-5-36(6-2)34(38)29-23-37-20-19-28(29)32(35-22-26-21-27(39-3)17-18-30(26)40-4)33(37)31(24-13-9-7-10-14-24)25-15-11-8-12-16-25/h7-18,21,28-29,31-33,35H,5-6,19-20,22-23H2,1-4H3/t28-,29+,32+,33-/m1/s1. The average molecular weight is 542 g/mol. The largest absolute Gasteiger partial charge is 0.497 e. The van der Waals surface area contributed by atoms with Gasteiger partial charge in [-0.05, 0) is 62.1 Å². The van der Waals surface area contributed by atoms with Gasteiger partial charge in [0, 0.05) is 49.7 Å². The molecule has 1 unspecified atom stereocenters. The lowest BCUT2D eigenvalue weighted by Gasteiger charge is -2.57. The number of rotatable bonds is 11. The van der Waals surface area contributed by atoms with Crippen LogP contribution < -0.4 is 14.8 Å². The highest BCUT2D eigenvalue weighted by molar-refractivity contribution is 5.80. The van der Waals surface area contributed by atoms with Crippen LogP contribution in [0.3, 0.4) is 0 Å². The molecule has 40 heavy (non-hydrogen) atoms. The number of nitrogens with one attached hydrogen (secondary N) is 1. The van der Waals surface area contributed by atoms with Crippen molar-refractivity contribution >= 4 is 5.91 Å². The third-order valence-corrected chi connectivity index (χ3v) is 9.02. The van der Waals surface area contributed by atoms with Gasteiger partial charge in [-0.1, -0.05) is 60.7 Å². The van der Waals surface area contributed by atoms with Gasteiger partial charge in [-0.2, -0.15) is 0 Å². The van der Waals surface area contributed by atoms with Gasteiger partial charge in [0.2, 0.25) is 5.91 Å². The molecule has 0 aliphatic carbocycles. The average Bonchev–Trinajstić information content (AvgIpc) is 3.02. The number of hydrogen-bond acceptors (Lipinski definition) is 5. The summed E-state index contributed by atoms with van der Waals surface area (Å²) < 4.78 is 11.2. The number of amides is 1. The van der Waals surface area contributed by atoms with E-state index in [2.05, 4.69) is 84.7 Å². The zero-order chi connectivity index (χ0) is 28.1. The molecule has 6 heteroatoms. The molecule has 212 valence electrons. The van der Waals surface area contributed by atoms with Crippen LogP contribution in [0.25, 0.3) is 0 Å². The molecule has 1 amide bonds. The third kappa shape index (κ3) is 5.61. The lowest BCUT2D eigenvalue weighted by atomic mass is 9.66. The highest BCUT2D eigenvalue weighted by Gasteiger charge is 2.52. The number of carbonyl (C=O) groups is 1. The molecular formula is C34H43N3O3. The fourth-order valence-corrected chi connectivity index (χ4v) is 7.05. The Hall–Kier alpha value is -3.35. The van der Waals surface area contributed by atoms with E-state index in [0.29, 0.717) is 12.5 Å². The highest BCUT2D eigenvalue weighted by atomic mass is 16.5. The van der Waals surface area contributed by atoms with E-state index >= 15 is 0 Å². The molecule has 1 N–H and O–H groups in total. The van der Waals surface area contributed by atoms with Crippen LogP contribution in [0.1, 0.15) is 42.9 Å². The lowest BCUT2D eigenvalue weighted by molar-refractivity contribution is -0.145. The monoisotopic (exact) mass is 541 g/mol. The summed E-state index contributed by atoms with van der Waals surface area (Å²) >= 11 is 0. The van der Waals surface area contributed by atoms with Crippen LogP contribution >= 0.6 is 0 Å². The highest BCUT2D eigenvalue weighted by Crippen LogP contribution is 2.45. The molecule has 3 fully saturated rings. The second kappa shape index (κ2) is 12.9. The number of ether oxygens (including phenoxy) is 2. The fourth-order valence-electron chi connectivity index (χ4n) is 7.05. The Bertz CT molecular complexity index is 1210. The van der Waals surface area contributed by atoms with Crippen LogP contribution in [0.15, 0.2) is 78.9 Å². The van der Waals surface area contributed by atoms with E-state index < -0.39 is 0 Å². The van der Waals surface area contributed by atoms with Crippen molar-refractivity contribution in [2.45, 2.75) is 44.8 Å². The third-order valence-electron chi connectivity index (χ3n) is 9.02. The number of hydrogen-bond donors (Lipinski definition) is 1.